The highest BCUT2D eigenvalue weighted by molar-refractivity contribution is 7.47. The number of phosphoric ester groups is 1. The summed E-state index contributed by atoms with van der Waals surface area (Å²) in [7, 11) is -4.65. The average Bonchev–Trinajstić information content (AvgIpc) is 3.97. The van der Waals surface area contributed by atoms with Crippen molar-refractivity contribution in [2.45, 2.75) is 167 Å². The Balaban J connectivity index is 2.31. The standard InChI is InChI=1S/C46H75O11P/c1-3-5-7-8-9-10-11-12-13-14-15-16-17-22-25-28-32-36-46(50)56-42(40-55-58(51,52)54-38-41(48)37-47)39-53-45(49)35-31-27-24-21-19-18-20-23-26-30-34-44-43(57-44)33-29-6-4-2/h5,7,9-10,12-13,15-16,18,20-21,24,26,30,41-44,47-48H,3-4,6,8,11,14,17,19,22-23,25,27-29,31-40H2,1-2H3,(H,51,52)/b7-5-,10-9-,13-12-,16-15-,20-18-,24-21-,30-26-/t41-,42+,43?,44?/m0/s1. The van der Waals surface area contributed by atoms with Gasteiger partial charge in [0, 0.05) is 12.8 Å². The second-order valence-electron chi connectivity index (χ2n) is 14.4. The summed E-state index contributed by atoms with van der Waals surface area (Å²) in [6.07, 6.45) is 45.9. The zero-order chi connectivity index (χ0) is 42.4. The zero-order valence-electron chi connectivity index (χ0n) is 35.4. The van der Waals surface area contributed by atoms with E-state index in [1.807, 2.05) is 6.08 Å². The Hall–Kier alpha value is -2.89. The van der Waals surface area contributed by atoms with Gasteiger partial charge in [-0.2, -0.15) is 0 Å². The molecule has 12 heteroatoms. The van der Waals surface area contributed by atoms with Gasteiger partial charge < -0.3 is 29.3 Å². The van der Waals surface area contributed by atoms with Gasteiger partial charge in [0.25, 0.3) is 0 Å². The van der Waals surface area contributed by atoms with E-state index in [2.05, 4.69) is 97.4 Å². The molecular weight excluding hydrogens is 759 g/mol. The molecule has 0 aromatic rings. The molecule has 0 saturated carbocycles. The molecule has 1 saturated heterocycles. The van der Waals surface area contributed by atoms with E-state index < -0.39 is 51.8 Å². The molecule has 1 aliphatic heterocycles. The summed E-state index contributed by atoms with van der Waals surface area (Å²) in [4.78, 5) is 35.0. The number of epoxide rings is 1. The van der Waals surface area contributed by atoms with Crippen molar-refractivity contribution in [3.63, 3.8) is 0 Å². The quantitative estimate of drug-likeness (QED) is 0.0178. The van der Waals surface area contributed by atoms with Gasteiger partial charge in [-0.1, -0.05) is 131 Å². The number of carbonyl (C=O) groups excluding carboxylic acids is 2. The normalized spacial score (nSPS) is 18.2. The molecule has 3 unspecified atom stereocenters. The number of aliphatic hydroxyl groups is 2. The summed E-state index contributed by atoms with van der Waals surface area (Å²) in [6, 6.07) is 0. The Morgan fingerprint density at radius 1 is 0.638 bits per heavy atom. The molecule has 0 bridgehead atoms. The summed E-state index contributed by atoms with van der Waals surface area (Å²) in [5.41, 5.74) is 0. The van der Waals surface area contributed by atoms with Gasteiger partial charge >= 0.3 is 19.8 Å². The van der Waals surface area contributed by atoms with Crippen LogP contribution in [0.5, 0.6) is 0 Å². The van der Waals surface area contributed by atoms with Crippen molar-refractivity contribution in [1.29, 1.82) is 0 Å². The summed E-state index contributed by atoms with van der Waals surface area (Å²) in [5, 5.41) is 18.3. The lowest BCUT2D eigenvalue weighted by Gasteiger charge is -2.20. The molecule has 0 radical (unpaired) electrons. The molecule has 0 aliphatic carbocycles. The van der Waals surface area contributed by atoms with E-state index in [1.54, 1.807) is 0 Å². The Kier molecular flexibility index (Phi) is 34.0. The monoisotopic (exact) mass is 835 g/mol. The lowest BCUT2D eigenvalue weighted by atomic mass is 10.1. The second-order valence-corrected chi connectivity index (χ2v) is 15.8. The van der Waals surface area contributed by atoms with Crippen LogP contribution in [-0.4, -0.2) is 77.9 Å². The summed E-state index contributed by atoms with van der Waals surface area (Å²) < 4.78 is 38.4. The topological polar surface area (TPSA) is 161 Å². The molecule has 330 valence electrons. The van der Waals surface area contributed by atoms with Gasteiger partial charge in [0.1, 0.15) is 12.7 Å². The Bertz CT molecular complexity index is 1300. The van der Waals surface area contributed by atoms with Gasteiger partial charge in [0.05, 0.1) is 32.0 Å². The smallest absolute Gasteiger partial charge is 0.462 e. The van der Waals surface area contributed by atoms with Crippen LogP contribution in [0, 0.1) is 0 Å². The van der Waals surface area contributed by atoms with Gasteiger partial charge in [0.2, 0.25) is 0 Å². The number of aliphatic hydroxyl groups excluding tert-OH is 2. The third kappa shape index (κ3) is 34.0. The van der Waals surface area contributed by atoms with Crippen LogP contribution in [0.2, 0.25) is 0 Å². The molecule has 1 aliphatic rings. The van der Waals surface area contributed by atoms with Crippen LogP contribution in [0.15, 0.2) is 85.1 Å². The van der Waals surface area contributed by atoms with E-state index in [1.165, 1.54) is 25.7 Å². The van der Waals surface area contributed by atoms with Crippen molar-refractivity contribution >= 4 is 19.8 Å². The third-order valence-electron chi connectivity index (χ3n) is 8.96. The summed E-state index contributed by atoms with van der Waals surface area (Å²) in [5.74, 6) is -1.03. The number of phosphoric acid groups is 1. The minimum Gasteiger partial charge on any atom is -0.462 e. The van der Waals surface area contributed by atoms with E-state index in [9.17, 15) is 24.2 Å². The predicted octanol–water partition coefficient (Wildman–Crippen LogP) is 10.4. The number of hydrogen-bond acceptors (Lipinski definition) is 10. The van der Waals surface area contributed by atoms with E-state index in [-0.39, 0.29) is 19.4 Å². The van der Waals surface area contributed by atoms with Crippen molar-refractivity contribution in [2.75, 3.05) is 26.4 Å². The molecule has 0 spiro atoms. The first-order valence-electron chi connectivity index (χ1n) is 21.7. The first-order valence-corrected chi connectivity index (χ1v) is 23.2. The molecule has 5 atom stereocenters. The second kappa shape index (κ2) is 37.1. The molecule has 1 fully saturated rings. The Morgan fingerprint density at radius 3 is 1.81 bits per heavy atom. The number of allylic oxidation sites excluding steroid dienone is 13. The van der Waals surface area contributed by atoms with E-state index in [0.29, 0.717) is 31.5 Å². The molecule has 1 heterocycles. The van der Waals surface area contributed by atoms with Crippen LogP contribution < -0.4 is 0 Å². The van der Waals surface area contributed by atoms with E-state index in [0.717, 1.165) is 70.6 Å². The van der Waals surface area contributed by atoms with Crippen LogP contribution in [0.25, 0.3) is 0 Å². The van der Waals surface area contributed by atoms with Gasteiger partial charge in [-0.3, -0.25) is 18.6 Å². The number of rotatable bonds is 38. The third-order valence-corrected chi connectivity index (χ3v) is 9.91. The van der Waals surface area contributed by atoms with Crippen LogP contribution in [-0.2, 0) is 37.4 Å². The van der Waals surface area contributed by atoms with Gasteiger partial charge in [0.15, 0.2) is 6.10 Å². The maximum Gasteiger partial charge on any atom is 0.472 e. The van der Waals surface area contributed by atoms with E-state index >= 15 is 0 Å². The van der Waals surface area contributed by atoms with Crippen molar-refractivity contribution < 1.29 is 52.5 Å². The highest BCUT2D eigenvalue weighted by Crippen LogP contribution is 2.43. The fourth-order valence-corrected chi connectivity index (χ4v) is 6.33. The van der Waals surface area contributed by atoms with Gasteiger partial charge in [-0.25, -0.2) is 4.57 Å². The Morgan fingerprint density at radius 2 is 1.19 bits per heavy atom. The van der Waals surface area contributed by atoms with Crippen molar-refractivity contribution in [3.8, 4) is 0 Å². The minimum absolute atomic E-state index is 0.137. The lowest BCUT2D eigenvalue weighted by Crippen LogP contribution is -2.29. The molecule has 0 aromatic heterocycles. The van der Waals surface area contributed by atoms with Crippen LogP contribution in [0.3, 0.4) is 0 Å². The first kappa shape index (κ1) is 53.1. The van der Waals surface area contributed by atoms with Gasteiger partial charge in [-0.15, -0.1) is 0 Å². The number of carbonyl (C=O) groups is 2. The largest absolute Gasteiger partial charge is 0.472 e. The summed E-state index contributed by atoms with van der Waals surface area (Å²) in [6.45, 7) is 2.11. The van der Waals surface area contributed by atoms with Crippen molar-refractivity contribution in [3.05, 3.63) is 85.1 Å². The van der Waals surface area contributed by atoms with Crippen LogP contribution in [0.1, 0.15) is 142 Å². The van der Waals surface area contributed by atoms with Crippen LogP contribution in [0.4, 0.5) is 0 Å². The number of hydrogen-bond donors (Lipinski definition) is 3. The first-order chi connectivity index (χ1) is 28.2. The van der Waals surface area contributed by atoms with Crippen LogP contribution >= 0.6 is 7.82 Å². The maximum absolute atomic E-state index is 12.6. The van der Waals surface area contributed by atoms with E-state index in [4.69, 9.17) is 23.8 Å². The SMILES string of the molecule is CC/C=C\C/C=C\C/C=C\C/C=C\CCCCCCC(=O)O[C@H](COC(=O)CCC/C=C\C/C=C\C/C=C\CC1OC1CCCCC)COP(=O)(O)OC[C@@H](O)CO. The van der Waals surface area contributed by atoms with Crippen molar-refractivity contribution in [2.24, 2.45) is 0 Å². The molecule has 58 heavy (non-hydrogen) atoms. The summed E-state index contributed by atoms with van der Waals surface area (Å²) >= 11 is 0. The van der Waals surface area contributed by atoms with Crippen molar-refractivity contribution in [1.82, 2.24) is 0 Å². The molecule has 0 aromatic carbocycles. The molecule has 0 amide bonds. The molecule has 3 N–H and O–H groups in total. The van der Waals surface area contributed by atoms with Gasteiger partial charge in [-0.05, 0) is 83.5 Å². The molecule has 1 rings (SSSR count). The fraction of sp³-hybridized carbons (Fsp3) is 0.652. The predicted molar refractivity (Wildman–Crippen MR) is 232 cm³/mol. The average molecular weight is 835 g/mol. The minimum atomic E-state index is -4.65. The highest BCUT2D eigenvalue weighted by atomic mass is 31.2. The fourth-order valence-electron chi connectivity index (χ4n) is 5.54. The molecular formula is C46H75O11P. The number of unbranched alkanes of at least 4 members (excludes halogenated alkanes) is 7. The molecule has 11 nitrogen and oxygen atoms in total. The maximum atomic E-state index is 12.6. The highest BCUT2D eigenvalue weighted by Gasteiger charge is 2.36. The number of ether oxygens (including phenoxy) is 3. The zero-order valence-corrected chi connectivity index (χ0v) is 36.3. The lowest BCUT2D eigenvalue weighted by molar-refractivity contribution is -0.161. The Labute approximate surface area is 349 Å². The number of esters is 2.